The first-order valence-electron chi connectivity index (χ1n) is 9.75. The number of carbonyl (C=O) groups excluding carboxylic acids is 2. The summed E-state index contributed by atoms with van der Waals surface area (Å²) in [6.07, 6.45) is 0. The summed E-state index contributed by atoms with van der Waals surface area (Å²) in [5.41, 5.74) is 3.26. The Morgan fingerprint density at radius 2 is 1.80 bits per heavy atom. The van der Waals surface area contributed by atoms with Gasteiger partial charge in [-0.05, 0) is 54.7 Å². The van der Waals surface area contributed by atoms with Crippen LogP contribution in [0, 0.1) is 6.92 Å². The number of carbonyl (C=O) groups is 2. The molecule has 5 nitrogen and oxygen atoms in total. The summed E-state index contributed by atoms with van der Waals surface area (Å²) in [5, 5.41) is 0.591. The number of rotatable bonds is 4. The molecule has 158 valence electrons. The first-order chi connectivity index (χ1) is 14.1. The van der Waals surface area contributed by atoms with Gasteiger partial charge in [-0.15, -0.1) is 0 Å². The lowest BCUT2D eigenvalue weighted by molar-refractivity contribution is -0.143. The van der Waals surface area contributed by atoms with Crippen molar-refractivity contribution in [3.63, 3.8) is 0 Å². The summed E-state index contributed by atoms with van der Waals surface area (Å²) in [6, 6.07) is 11.2. The Balaban J connectivity index is 2.09. The highest BCUT2D eigenvalue weighted by Crippen LogP contribution is 2.27. The van der Waals surface area contributed by atoms with E-state index in [-0.39, 0.29) is 30.4 Å². The fraction of sp³-hybridized carbons (Fsp3) is 0.348. The van der Waals surface area contributed by atoms with Gasteiger partial charge in [-0.1, -0.05) is 55.8 Å². The third kappa shape index (κ3) is 4.65. The van der Waals surface area contributed by atoms with Crippen molar-refractivity contribution in [3.8, 4) is 0 Å². The molecule has 0 bridgehead atoms. The van der Waals surface area contributed by atoms with Crippen LogP contribution in [0.4, 0.5) is 0 Å². The molecule has 1 aromatic heterocycles. The van der Waals surface area contributed by atoms with Gasteiger partial charge in [0.1, 0.15) is 6.54 Å². The van der Waals surface area contributed by atoms with Gasteiger partial charge < -0.3 is 9.30 Å². The van der Waals surface area contributed by atoms with E-state index in [1.54, 1.807) is 29.7 Å². The van der Waals surface area contributed by atoms with E-state index < -0.39 is 0 Å². The van der Waals surface area contributed by atoms with Crippen LogP contribution in [0.2, 0.25) is 5.02 Å². The van der Waals surface area contributed by atoms with Gasteiger partial charge in [-0.2, -0.15) is 4.99 Å². The molecule has 0 aliphatic heterocycles. The zero-order valence-electron chi connectivity index (χ0n) is 17.8. The predicted molar refractivity (Wildman–Crippen MR) is 121 cm³/mol. The number of aromatic nitrogens is 1. The number of esters is 1. The fourth-order valence-electron chi connectivity index (χ4n) is 3.15. The molecule has 0 N–H and O–H groups in total. The maximum atomic E-state index is 12.9. The monoisotopic (exact) mass is 444 g/mol. The molecule has 0 unspecified atom stereocenters. The number of ether oxygens (including phenoxy) is 1. The third-order valence-electron chi connectivity index (χ3n) is 4.82. The van der Waals surface area contributed by atoms with Gasteiger partial charge in [0, 0.05) is 10.6 Å². The molecule has 0 saturated carbocycles. The molecule has 0 fully saturated rings. The van der Waals surface area contributed by atoms with E-state index in [4.69, 9.17) is 16.3 Å². The molecule has 1 heterocycles. The fourth-order valence-corrected chi connectivity index (χ4v) is 4.39. The van der Waals surface area contributed by atoms with Crippen LogP contribution in [-0.4, -0.2) is 23.1 Å². The van der Waals surface area contributed by atoms with E-state index in [2.05, 4.69) is 25.8 Å². The van der Waals surface area contributed by atoms with Crippen molar-refractivity contribution in [3.05, 3.63) is 62.9 Å². The van der Waals surface area contributed by atoms with Crippen molar-refractivity contribution in [1.82, 2.24) is 4.57 Å². The zero-order chi connectivity index (χ0) is 22.1. The molecular formula is C23H25ClN2O3S. The van der Waals surface area contributed by atoms with Crippen molar-refractivity contribution in [2.24, 2.45) is 4.99 Å². The van der Waals surface area contributed by atoms with Crippen LogP contribution in [0.1, 0.15) is 49.2 Å². The molecule has 3 aromatic rings. The number of hydrogen-bond donors (Lipinski definition) is 0. The van der Waals surface area contributed by atoms with E-state index in [0.717, 1.165) is 21.3 Å². The normalized spacial score (nSPS) is 12.4. The number of fused-ring (bicyclic) bond motifs is 1. The predicted octanol–water partition coefficient (Wildman–Crippen LogP) is 5.27. The second kappa shape index (κ2) is 8.74. The topological polar surface area (TPSA) is 60.7 Å². The third-order valence-corrected chi connectivity index (χ3v) is 6.27. The number of halogens is 1. The van der Waals surface area contributed by atoms with Crippen LogP contribution in [-0.2, 0) is 21.5 Å². The Bertz CT molecular complexity index is 1170. The molecule has 0 aliphatic rings. The van der Waals surface area contributed by atoms with Crippen LogP contribution in [0.5, 0.6) is 0 Å². The van der Waals surface area contributed by atoms with E-state index >= 15 is 0 Å². The number of thiazole rings is 1. The molecule has 0 atom stereocenters. The summed E-state index contributed by atoms with van der Waals surface area (Å²) < 4.78 is 7.72. The second-order valence-electron chi connectivity index (χ2n) is 8.04. The zero-order valence-corrected chi connectivity index (χ0v) is 19.4. The molecule has 3 rings (SSSR count). The molecule has 0 aliphatic carbocycles. The number of aryl methyl sites for hydroxylation is 1. The summed E-state index contributed by atoms with van der Waals surface area (Å²) in [6.45, 7) is 10.3. The van der Waals surface area contributed by atoms with Crippen LogP contribution < -0.4 is 4.80 Å². The number of hydrogen-bond acceptors (Lipinski definition) is 4. The lowest BCUT2D eigenvalue weighted by Gasteiger charge is -2.18. The Hall–Kier alpha value is -2.44. The first kappa shape index (κ1) is 22.2. The van der Waals surface area contributed by atoms with Gasteiger partial charge in [0.05, 0.1) is 16.8 Å². The SMILES string of the molecule is CCOC(=O)Cn1c(=NC(=O)c2ccc(C(C)(C)C)cc2)sc2ccc(Cl)c(C)c21. The largest absolute Gasteiger partial charge is 0.465 e. The van der Waals surface area contributed by atoms with Gasteiger partial charge in [0.15, 0.2) is 4.80 Å². The van der Waals surface area contributed by atoms with Crippen molar-refractivity contribution < 1.29 is 14.3 Å². The molecule has 0 radical (unpaired) electrons. The highest BCUT2D eigenvalue weighted by atomic mass is 35.5. The summed E-state index contributed by atoms with van der Waals surface area (Å²) >= 11 is 7.64. The van der Waals surface area contributed by atoms with E-state index in [1.807, 2.05) is 25.1 Å². The first-order valence-corrected chi connectivity index (χ1v) is 10.9. The molecule has 0 spiro atoms. The summed E-state index contributed by atoms with van der Waals surface area (Å²) in [5.74, 6) is -0.747. The minimum atomic E-state index is -0.389. The number of benzene rings is 2. The quantitative estimate of drug-likeness (QED) is 0.515. The molecule has 30 heavy (non-hydrogen) atoms. The minimum Gasteiger partial charge on any atom is -0.465 e. The average Bonchev–Trinajstić information content (AvgIpc) is 3.02. The van der Waals surface area contributed by atoms with Crippen LogP contribution in [0.25, 0.3) is 10.2 Å². The van der Waals surface area contributed by atoms with Crippen molar-refractivity contribution >= 4 is 45.0 Å². The van der Waals surface area contributed by atoms with Gasteiger partial charge >= 0.3 is 5.97 Å². The number of nitrogens with zero attached hydrogens (tertiary/aromatic N) is 2. The van der Waals surface area contributed by atoms with Gasteiger partial charge in [0.25, 0.3) is 5.91 Å². The van der Waals surface area contributed by atoms with Gasteiger partial charge in [-0.25, -0.2) is 0 Å². The standard InChI is InChI=1S/C23H25ClN2O3S/c1-6-29-19(27)13-26-20-14(2)17(24)11-12-18(20)30-22(26)25-21(28)15-7-9-16(10-8-15)23(3,4)5/h7-12H,6,13H2,1-5H3. The molecular weight excluding hydrogens is 420 g/mol. The number of amides is 1. The minimum absolute atomic E-state index is 0.00362. The lowest BCUT2D eigenvalue weighted by Crippen LogP contribution is -2.23. The molecule has 1 amide bonds. The maximum absolute atomic E-state index is 12.9. The Kier molecular flexibility index (Phi) is 6.48. The summed E-state index contributed by atoms with van der Waals surface area (Å²) in [7, 11) is 0. The van der Waals surface area contributed by atoms with Gasteiger partial charge in [0.2, 0.25) is 0 Å². The van der Waals surface area contributed by atoms with E-state index in [0.29, 0.717) is 15.4 Å². The van der Waals surface area contributed by atoms with Crippen molar-refractivity contribution in [1.29, 1.82) is 0 Å². The highest BCUT2D eigenvalue weighted by Gasteiger charge is 2.17. The average molecular weight is 445 g/mol. The Morgan fingerprint density at radius 3 is 2.40 bits per heavy atom. The highest BCUT2D eigenvalue weighted by molar-refractivity contribution is 7.16. The van der Waals surface area contributed by atoms with Gasteiger partial charge in [-0.3, -0.25) is 9.59 Å². The van der Waals surface area contributed by atoms with E-state index in [1.165, 1.54) is 11.3 Å². The second-order valence-corrected chi connectivity index (χ2v) is 9.46. The molecule has 0 saturated heterocycles. The molecule has 2 aromatic carbocycles. The van der Waals surface area contributed by atoms with E-state index in [9.17, 15) is 9.59 Å². The summed E-state index contributed by atoms with van der Waals surface area (Å²) in [4.78, 5) is 29.8. The maximum Gasteiger partial charge on any atom is 0.326 e. The van der Waals surface area contributed by atoms with Crippen molar-refractivity contribution in [2.45, 2.75) is 46.6 Å². The van der Waals surface area contributed by atoms with Crippen LogP contribution in [0.3, 0.4) is 0 Å². The molecule has 7 heteroatoms. The lowest BCUT2D eigenvalue weighted by atomic mass is 9.87. The Labute approximate surface area is 185 Å². The smallest absolute Gasteiger partial charge is 0.326 e. The Morgan fingerprint density at radius 1 is 1.13 bits per heavy atom. The van der Waals surface area contributed by atoms with Crippen LogP contribution in [0.15, 0.2) is 41.4 Å². The van der Waals surface area contributed by atoms with Crippen LogP contribution >= 0.6 is 22.9 Å². The van der Waals surface area contributed by atoms with Crippen molar-refractivity contribution in [2.75, 3.05) is 6.61 Å².